The monoisotopic (exact) mass is 334 g/mol. The Kier molecular flexibility index (Phi) is 3.59. The van der Waals surface area contributed by atoms with Crippen LogP contribution in [0, 0.1) is 6.92 Å². The molecule has 0 aliphatic carbocycles. The summed E-state index contributed by atoms with van der Waals surface area (Å²) in [5.74, 6) is -0.418. The number of halogens is 1. The van der Waals surface area contributed by atoms with Crippen molar-refractivity contribution in [3.05, 3.63) is 34.5 Å². The van der Waals surface area contributed by atoms with E-state index in [2.05, 4.69) is 4.98 Å². The van der Waals surface area contributed by atoms with Gasteiger partial charge < -0.3 is 19.4 Å². The van der Waals surface area contributed by atoms with E-state index in [1.54, 1.807) is 0 Å². The number of benzene rings is 1. The van der Waals surface area contributed by atoms with E-state index in [0.717, 1.165) is 29.4 Å². The second-order valence-electron chi connectivity index (χ2n) is 6.19. The van der Waals surface area contributed by atoms with Crippen LogP contribution >= 0.6 is 11.6 Å². The molecule has 0 radical (unpaired) electrons. The van der Waals surface area contributed by atoms with Crippen LogP contribution in [0.1, 0.15) is 28.9 Å². The molecule has 6 heteroatoms. The highest BCUT2D eigenvalue weighted by atomic mass is 35.5. The highest BCUT2D eigenvalue weighted by Gasteiger charge is 2.41. The van der Waals surface area contributed by atoms with E-state index in [4.69, 9.17) is 21.1 Å². The molecule has 2 saturated heterocycles. The van der Waals surface area contributed by atoms with Crippen molar-refractivity contribution in [1.82, 2.24) is 9.88 Å². The number of nitrogens with one attached hydrogen (secondary N) is 1. The lowest BCUT2D eigenvalue weighted by atomic mass is 10.0. The van der Waals surface area contributed by atoms with E-state index in [9.17, 15) is 4.79 Å². The first-order valence-electron chi connectivity index (χ1n) is 7.94. The summed E-state index contributed by atoms with van der Waals surface area (Å²) in [7, 11) is 0. The number of hydrogen-bond acceptors (Lipinski definition) is 3. The third-order valence-corrected chi connectivity index (χ3v) is 5.13. The van der Waals surface area contributed by atoms with Gasteiger partial charge in [-0.2, -0.15) is 0 Å². The summed E-state index contributed by atoms with van der Waals surface area (Å²) in [6, 6.07) is 5.64. The Balaban J connectivity index is 1.60. The van der Waals surface area contributed by atoms with Gasteiger partial charge in [-0.15, -0.1) is 0 Å². The number of hydrogen-bond donors (Lipinski definition) is 1. The van der Waals surface area contributed by atoms with Crippen LogP contribution in [-0.2, 0) is 9.47 Å². The number of nitrogens with zero attached hydrogens (tertiary/aromatic N) is 1. The summed E-state index contributed by atoms with van der Waals surface area (Å²) >= 11 is 6.23. The van der Waals surface area contributed by atoms with Crippen LogP contribution in [0.3, 0.4) is 0 Å². The molecule has 1 aromatic carbocycles. The maximum atomic E-state index is 13.0. The number of aromatic nitrogens is 1. The second-order valence-corrected chi connectivity index (χ2v) is 6.59. The molecule has 2 aliphatic rings. The maximum absolute atomic E-state index is 13.0. The molecule has 1 N–H and O–H groups in total. The standard InChI is InChI=1S/C17H19ClN2O3/c1-11-14(12-3-2-4-13(18)15(12)19-11)16(21)20-7-5-17(6-8-20)22-9-10-23-17/h2-4,19H,5-10H2,1H3. The lowest BCUT2D eigenvalue weighted by Crippen LogP contribution is -2.47. The topological polar surface area (TPSA) is 54.6 Å². The van der Waals surface area contributed by atoms with Crippen LogP contribution in [0.5, 0.6) is 0 Å². The van der Waals surface area contributed by atoms with Crippen LogP contribution in [0.25, 0.3) is 10.9 Å². The zero-order chi connectivity index (χ0) is 16.0. The minimum Gasteiger partial charge on any atom is -0.357 e. The number of para-hydroxylation sites is 1. The first-order valence-corrected chi connectivity index (χ1v) is 8.31. The lowest BCUT2D eigenvalue weighted by Gasteiger charge is -2.37. The van der Waals surface area contributed by atoms with Gasteiger partial charge >= 0.3 is 0 Å². The van der Waals surface area contributed by atoms with Crippen molar-refractivity contribution in [2.24, 2.45) is 0 Å². The minimum atomic E-state index is -0.463. The Bertz CT molecular complexity index is 755. The zero-order valence-electron chi connectivity index (χ0n) is 13.0. The molecule has 122 valence electrons. The molecule has 4 rings (SSSR count). The molecule has 5 nitrogen and oxygen atoms in total. The van der Waals surface area contributed by atoms with Crippen molar-refractivity contribution in [2.75, 3.05) is 26.3 Å². The number of fused-ring (bicyclic) bond motifs is 1. The Morgan fingerprint density at radius 3 is 2.65 bits per heavy atom. The van der Waals surface area contributed by atoms with E-state index in [1.807, 2.05) is 30.0 Å². The summed E-state index contributed by atoms with van der Waals surface area (Å²) in [4.78, 5) is 18.1. The van der Waals surface area contributed by atoms with Gasteiger partial charge in [0.2, 0.25) is 0 Å². The molecular weight excluding hydrogens is 316 g/mol. The molecule has 1 spiro atoms. The quantitative estimate of drug-likeness (QED) is 0.871. The SMILES string of the molecule is Cc1[nH]c2c(Cl)cccc2c1C(=O)N1CCC2(CC1)OCCO2. The van der Waals surface area contributed by atoms with Crippen molar-refractivity contribution >= 4 is 28.4 Å². The average Bonchev–Trinajstić information content (AvgIpc) is 3.13. The van der Waals surface area contributed by atoms with Crippen molar-refractivity contribution in [3.8, 4) is 0 Å². The number of carbonyl (C=O) groups is 1. The van der Waals surface area contributed by atoms with E-state index >= 15 is 0 Å². The molecule has 0 unspecified atom stereocenters. The average molecular weight is 335 g/mol. The van der Waals surface area contributed by atoms with Crippen LogP contribution in [0.4, 0.5) is 0 Å². The fourth-order valence-corrected chi connectivity index (χ4v) is 3.80. The summed E-state index contributed by atoms with van der Waals surface area (Å²) in [5, 5.41) is 1.52. The predicted octanol–water partition coefficient (Wildman–Crippen LogP) is 3.11. The molecule has 3 heterocycles. The van der Waals surface area contributed by atoms with Gasteiger partial charge in [0.15, 0.2) is 5.79 Å². The number of amides is 1. The summed E-state index contributed by atoms with van der Waals surface area (Å²) in [6.07, 6.45) is 1.45. The lowest BCUT2D eigenvalue weighted by molar-refractivity contribution is -0.181. The number of likely N-dealkylation sites (tertiary alicyclic amines) is 1. The smallest absolute Gasteiger partial charge is 0.256 e. The van der Waals surface area contributed by atoms with Crippen molar-refractivity contribution in [2.45, 2.75) is 25.6 Å². The van der Waals surface area contributed by atoms with Gasteiger partial charge in [-0.25, -0.2) is 0 Å². The molecule has 2 fully saturated rings. The van der Waals surface area contributed by atoms with Gasteiger partial charge in [-0.05, 0) is 13.0 Å². The predicted molar refractivity (Wildman–Crippen MR) is 87.8 cm³/mol. The van der Waals surface area contributed by atoms with Crippen LogP contribution < -0.4 is 0 Å². The molecule has 2 aromatic rings. The third-order valence-electron chi connectivity index (χ3n) is 4.81. The highest BCUT2D eigenvalue weighted by molar-refractivity contribution is 6.35. The summed E-state index contributed by atoms with van der Waals surface area (Å²) in [6.45, 7) is 4.50. The number of ether oxygens (including phenoxy) is 2. The van der Waals surface area contributed by atoms with Gasteiger partial charge in [0.25, 0.3) is 5.91 Å². The third kappa shape index (κ3) is 2.43. The van der Waals surface area contributed by atoms with Crippen LogP contribution in [0.15, 0.2) is 18.2 Å². The minimum absolute atomic E-state index is 0.0452. The van der Waals surface area contributed by atoms with Crippen LogP contribution in [-0.4, -0.2) is 47.9 Å². The molecule has 0 atom stereocenters. The van der Waals surface area contributed by atoms with Gasteiger partial charge in [0.05, 0.1) is 29.3 Å². The Labute approximate surface area is 139 Å². The number of aromatic amines is 1. The number of H-pyrrole nitrogens is 1. The largest absolute Gasteiger partial charge is 0.357 e. The molecule has 0 bridgehead atoms. The Morgan fingerprint density at radius 1 is 1.26 bits per heavy atom. The summed E-state index contributed by atoms with van der Waals surface area (Å²) in [5.41, 5.74) is 2.39. The first kappa shape index (κ1) is 15.0. The second kappa shape index (κ2) is 5.51. The fourth-order valence-electron chi connectivity index (χ4n) is 3.58. The van der Waals surface area contributed by atoms with Crippen LogP contribution in [0.2, 0.25) is 5.02 Å². The van der Waals surface area contributed by atoms with E-state index in [-0.39, 0.29) is 5.91 Å². The van der Waals surface area contributed by atoms with Gasteiger partial charge in [-0.3, -0.25) is 4.79 Å². The van der Waals surface area contributed by atoms with E-state index in [1.165, 1.54) is 0 Å². The summed E-state index contributed by atoms with van der Waals surface area (Å²) < 4.78 is 11.5. The number of carbonyl (C=O) groups excluding carboxylic acids is 1. The number of rotatable bonds is 1. The normalized spacial score (nSPS) is 20.5. The van der Waals surface area contributed by atoms with Crippen molar-refractivity contribution in [1.29, 1.82) is 0 Å². The molecule has 0 saturated carbocycles. The highest BCUT2D eigenvalue weighted by Crippen LogP contribution is 2.33. The number of aryl methyl sites for hydroxylation is 1. The van der Waals surface area contributed by atoms with E-state index < -0.39 is 5.79 Å². The maximum Gasteiger partial charge on any atom is 0.256 e. The molecule has 1 aromatic heterocycles. The van der Waals surface area contributed by atoms with Gasteiger partial charge in [-0.1, -0.05) is 23.7 Å². The molecule has 2 aliphatic heterocycles. The number of piperidine rings is 1. The molecule has 1 amide bonds. The van der Waals surface area contributed by atoms with Crippen molar-refractivity contribution in [3.63, 3.8) is 0 Å². The van der Waals surface area contributed by atoms with Crippen molar-refractivity contribution < 1.29 is 14.3 Å². The Hall–Kier alpha value is -1.56. The zero-order valence-corrected chi connectivity index (χ0v) is 13.8. The molecule has 23 heavy (non-hydrogen) atoms. The Morgan fingerprint density at radius 2 is 1.96 bits per heavy atom. The van der Waals surface area contributed by atoms with Gasteiger partial charge in [0, 0.05) is 37.0 Å². The fraction of sp³-hybridized carbons (Fsp3) is 0.471. The molecular formula is C17H19ClN2O3. The van der Waals surface area contributed by atoms with Gasteiger partial charge in [0.1, 0.15) is 0 Å². The first-order chi connectivity index (χ1) is 11.1. The van der Waals surface area contributed by atoms with E-state index in [0.29, 0.717) is 36.9 Å².